The lowest BCUT2D eigenvalue weighted by Crippen LogP contribution is -1.86. The average molecular weight is 279 g/mol. The van der Waals surface area contributed by atoms with E-state index in [9.17, 15) is 10.1 Å². The highest BCUT2D eigenvalue weighted by atomic mass is 16.6. The first kappa shape index (κ1) is 13.1. The minimum atomic E-state index is -0.410. The molecule has 1 heterocycles. The number of fused-ring (bicyclic) bond motifs is 1. The normalized spacial score (nSPS) is 11.8. The van der Waals surface area contributed by atoms with Gasteiger partial charge in [0.05, 0.1) is 16.0 Å². The molecule has 0 aliphatic rings. The van der Waals surface area contributed by atoms with Gasteiger partial charge in [0.2, 0.25) is 0 Å². The molecule has 0 atom stereocenters. The lowest BCUT2D eigenvalue weighted by molar-refractivity contribution is -0.384. The fraction of sp³-hybridized carbons (Fsp3) is 0.0625. The molecule has 21 heavy (non-hydrogen) atoms. The van der Waals surface area contributed by atoms with Crippen molar-refractivity contribution in [3.63, 3.8) is 0 Å². The standard InChI is InChI=1S/C16H13N3O2/c1-11(9-12-5-3-2-4-6-12)16-17-14-8-7-13(19(20)21)10-15(14)18-16/h2-10H,1H3,(H,17,18). The maximum atomic E-state index is 10.8. The van der Waals surface area contributed by atoms with Crippen molar-refractivity contribution < 1.29 is 4.92 Å². The largest absolute Gasteiger partial charge is 0.338 e. The Morgan fingerprint density at radius 3 is 2.71 bits per heavy atom. The third-order valence-electron chi connectivity index (χ3n) is 3.23. The van der Waals surface area contributed by atoms with Gasteiger partial charge in [-0.3, -0.25) is 10.1 Å². The van der Waals surface area contributed by atoms with E-state index in [4.69, 9.17) is 0 Å². The van der Waals surface area contributed by atoms with Crippen molar-refractivity contribution in [1.29, 1.82) is 0 Å². The van der Waals surface area contributed by atoms with Gasteiger partial charge in [-0.15, -0.1) is 0 Å². The molecule has 0 spiro atoms. The summed E-state index contributed by atoms with van der Waals surface area (Å²) in [7, 11) is 0. The Bertz CT molecular complexity index is 835. The number of benzene rings is 2. The number of nitro groups is 1. The summed E-state index contributed by atoms with van der Waals surface area (Å²) in [5.74, 6) is 0.717. The number of imidazole rings is 1. The smallest absolute Gasteiger partial charge is 0.271 e. The first-order valence-corrected chi connectivity index (χ1v) is 6.51. The molecular formula is C16H13N3O2. The van der Waals surface area contributed by atoms with Crippen LogP contribution in [-0.2, 0) is 0 Å². The highest BCUT2D eigenvalue weighted by Crippen LogP contribution is 2.22. The topological polar surface area (TPSA) is 71.8 Å². The molecule has 0 aliphatic heterocycles. The zero-order valence-corrected chi connectivity index (χ0v) is 11.4. The molecule has 5 heteroatoms. The van der Waals surface area contributed by atoms with Gasteiger partial charge in [-0.1, -0.05) is 30.3 Å². The van der Waals surface area contributed by atoms with Crippen LogP contribution in [0, 0.1) is 10.1 Å². The predicted octanol–water partition coefficient (Wildman–Crippen LogP) is 4.03. The summed E-state index contributed by atoms with van der Waals surface area (Å²) in [6, 6.07) is 14.6. The van der Waals surface area contributed by atoms with E-state index >= 15 is 0 Å². The Hall–Kier alpha value is -2.95. The second-order valence-electron chi connectivity index (χ2n) is 4.78. The van der Waals surface area contributed by atoms with Crippen molar-refractivity contribution >= 4 is 28.4 Å². The molecule has 3 aromatic rings. The average Bonchev–Trinajstić information content (AvgIpc) is 2.91. The van der Waals surface area contributed by atoms with Crippen molar-refractivity contribution in [3.05, 3.63) is 70.0 Å². The van der Waals surface area contributed by atoms with Crippen LogP contribution in [0.4, 0.5) is 5.69 Å². The van der Waals surface area contributed by atoms with Crippen LogP contribution in [0.3, 0.4) is 0 Å². The Balaban J connectivity index is 2.01. The number of allylic oxidation sites excluding steroid dienone is 1. The number of hydrogen-bond donors (Lipinski definition) is 1. The minimum Gasteiger partial charge on any atom is -0.338 e. The number of nitrogens with one attached hydrogen (secondary N) is 1. The SMILES string of the molecule is CC(=Cc1ccccc1)c1nc2ccc([N+](=O)[O-])cc2[nH]1. The molecule has 5 nitrogen and oxygen atoms in total. The Labute approximate surface area is 121 Å². The molecule has 0 amide bonds. The molecule has 1 aromatic heterocycles. The van der Waals surface area contributed by atoms with Gasteiger partial charge in [0.25, 0.3) is 5.69 Å². The van der Waals surface area contributed by atoms with Crippen LogP contribution in [0.15, 0.2) is 48.5 Å². The maximum absolute atomic E-state index is 10.8. The lowest BCUT2D eigenvalue weighted by Gasteiger charge is -1.96. The van der Waals surface area contributed by atoms with Crippen LogP contribution in [0.25, 0.3) is 22.7 Å². The van der Waals surface area contributed by atoms with E-state index in [-0.39, 0.29) is 5.69 Å². The molecular weight excluding hydrogens is 266 g/mol. The highest BCUT2D eigenvalue weighted by molar-refractivity contribution is 5.84. The summed E-state index contributed by atoms with van der Waals surface area (Å²) in [5.41, 5.74) is 3.50. The van der Waals surface area contributed by atoms with Crippen LogP contribution >= 0.6 is 0 Å². The van der Waals surface area contributed by atoms with Gasteiger partial charge in [0.1, 0.15) is 5.82 Å². The summed E-state index contributed by atoms with van der Waals surface area (Å²) >= 11 is 0. The van der Waals surface area contributed by atoms with Crippen LogP contribution in [0.1, 0.15) is 18.3 Å². The van der Waals surface area contributed by atoms with Crippen molar-refractivity contribution in [1.82, 2.24) is 9.97 Å². The van der Waals surface area contributed by atoms with E-state index in [0.29, 0.717) is 11.3 Å². The number of H-pyrrole nitrogens is 1. The third-order valence-corrected chi connectivity index (χ3v) is 3.23. The third kappa shape index (κ3) is 2.67. The van der Waals surface area contributed by atoms with Crippen LogP contribution < -0.4 is 0 Å². The molecule has 0 bridgehead atoms. The first-order chi connectivity index (χ1) is 10.1. The number of aromatic nitrogens is 2. The van der Waals surface area contributed by atoms with Gasteiger partial charge in [-0.05, 0) is 30.2 Å². The van der Waals surface area contributed by atoms with Gasteiger partial charge in [0, 0.05) is 12.1 Å². The molecule has 3 rings (SSSR count). The number of non-ortho nitro benzene ring substituents is 1. The summed E-state index contributed by atoms with van der Waals surface area (Å²) in [6.45, 7) is 1.96. The van der Waals surface area contributed by atoms with Gasteiger partial charge in [-0.25, -0.2) is 4.98 Å². The van der Waals surface area contributed by atoms with Gasteiger partial charge in [0.15, 0.2) is 0 Å². The fourth-order valence-electron chi connectivity index (χ4n) is 2.17. The van der Waals surface area contributed by atoms with E-state index in [2.05, 4.69) is 9.97 Å². The van der Waals surface area contributed by atoms with Gasteiger partial charge in [-0.2, -0.15) is 0 Å². The molecule has 0 unspecified atom stereocenters. The van der Waals surface area contributed by atoms with Crippen molar-refractivity contribution in [3.8, 4) is 0 Å². The zero-order valence-electron chi connectivity index (χ0n) is 11.4. The van der Waals surface area contributed by atoms with E-state index in [1.807, 2.05) is 43.3 Å². The van der Waals surface area contributed by atoms with E-state index < -0.39 is 4.92 Å². The number of nitrogens with zero attached hydrogens (tertiary/aromatic N) is 2. The maximum Gasteiger partial charge on any atom is 0.271 e. The summed E-state index contributed by atoms with van der Waals surface area (Å²) in [4.78, 5) is 18.0. The van der Waals surface area contributed by atoms with E-state index in [1.165, 1.54) is 12.1 Å². The molecule has 2 aromatic carbocycles. The molecule has 0 fully saturated rings. The Morgan fingerprint density at radius 2 is 2.00 bits per heavy atom. The monoisotopic (exact) mass is 279 g/mol. The van der Waals surface area contributed by atoms with Crippen LogP contribution in [0.5, 0.6) is 0 Å². The molecule has 0 radical (unpaired) electrons. The van der Waals surface area contributed by atoms with Crippen molar-refractivity contribution in [2.45, 2.75) is 6.92 Å². The zero-order chi connectivity index (χ0) is 14.8. The van der Waals surface area contributed by atoms with Crippen LogP contribution in [0.2, 0.25) is 0 Å². The summed E-state index contributed by atoms with van der Waals surface area (Å²) in [6.07, 6.45) is 2.02. The number of nitro benzene ring substituents is 1. The van der Waals surface area contributed by atoms with Gasteiger partial charge >= 0.3 is 0 Å². The van der Waals surface area contributed by atoms with E-state index in [0.717, 1.165) is 16.7 Å². The molecule has 0 saturated carbocycles. The molecule has 0 aliphatic carbocycles. The Kier molecular flexibility index (Phi) is 3.23. The van der Waals surface area contributed by atoms with Crippen LogP contribution in [-0.4, -0.2) is 14.9 Å². The number of rotatable bonds is 3. The molecule has 1 N–H and O–H groups in total. The quantitative estimate of drug-likeness (QED) is 0.581. The molecule has 0 saturated heterocycles. The molecule has 104 valence electrons. The number of aromatic amines is 1. The fourth-order valence-corrected chi connectivity index (χ4v) is 2.17. The Morgan fingerprint density at radius 1 is 1.24 bits per heavy atom. The summed E-state index contributed by atoms with van der Waals surface area (Å²) in [5, 5.41) is 10.8. The number of hydrogen-bond acceptors (Lipinski definition) is 3. The van der Waals surface area contributed by atoms with E-state index in [1.54, 1.807) is 6.07 Å². The van der Waals surface area contributed by atoms with Crippen molar-refractivity contribution in [2.75, 3.05) is 0 Å². The predicted molar refractivity (Wildman–Crippen MR) is 82.7 cm³/mol. The second-order valence-corrected chi connectivity index (χ2v) is 4.78. The highest BCUT2D eigenvalue weighted by Gasteiger charge is 2.10. The van der Waals surface area contributed by atoms with Crippen molar-refractivity contribution in [2.24, 2.45) is 0 Å². The lowest BCUT2D eigenvalue weighted by atomic mass is 10.1. The minimum absolute atomic E-state index is 0.0578. The summed E-state index contributed by atoms with van der Waals surface area (Å²) < 4.78 is 0. The second kappa shape index (κ2) is 5.20. The first-order valence-electron chi connectivity index (χ1n) is 6.51. The van der Waals surface area contributed by atoms with Gasteiger partial charge < -0.3 is 4.98 Å².